The van der Waals surface area contributed by atoms with Crippen LogP contribution in [-0.2, 0) is 38.1 Å². The van der Waals surface area contributed by atoms with E-state index in [0.29, 0.717) is 0 Å². The number of hydrogen-bond donors (Lipinski definition) is 0. The van der Waals surface area contributed by atoms with Crippen molar-refractivity contribution in [2.45, 2.75) is 20.3 Å². The lowest BCUT2D eigenvalue weighted by Crippen LogP contribution is -2.20. The molecule has 0 aromatic rings. The van der Waals surface area contributed by atoms with Gasteiger partial charge in [-0.1, -0.05) is 6.58 Å². The van der Waals surface area contributed by atoms with Crippen LogP contribution in [0.15, 0.2) is 12.2 Å². The summed E-state index contributed by atoms with van der Waals surface area (Å²) in [7, 11) is 0. The van der Waals surface area contributed by atoms with Crippen molar-refractivity contribution in [1.82, 2.24) is 0 Å². The third-order valence-electron chi connectivity index (χ3n) is 1.93. The minimum absolute atomic E-state index is 0.164. The summed E-state index contributed by atoms with van der Waals surface area (Å²) in [6.45, 7) is 5.78. The molecular formula is C13H18O8. The second-order valence-corrected chi connectivity index (χ2v) is 3.63. The smallest absolute Gasteiger partial charge is 0.344 e. The standard InChI is InChI=1S/C13H18O8/c1-4-18-11(15)7-20-10(14)6-9(3)13(17)21-8-12(16)19-5-2/h3-8H2,1-2H3. The van der Waals surface area contributed by atoms with E-state index in [1.165, 1.54) is 0 Å². The maximum Gasteiger partial charge on any atom is 0.344 e. The Hall–Kier alpha value is -2.38. The second kappa shape index (κ2) is 10.4. The summed E-state index contributed by atoms with van der Waals surface area (Å²) >= 11 is 0. The van der Waals surface area contributed by atoms with Crippen molar-refractivity contribution in [2.24, 2.45) is 0 Å². The molecule has 0 heterocycles. The van der Waals surface area contributed by atoms with Gasteiger partial charge in [0.1, 0.15) is 0 Å². The zero-order chi connectivity index (χ0) is 16.3. The zero-order valence-corrected chi connectivity index (χ0v) is 12.0. The van der Waals surface area contributed by atoms with Crippen LogP contribution in [0.4, 0.5) is 0 Å². The van der Waals surface area contributed by atoms with Crippen LogP contribution in [0.25, 0.3) is 0 Å². The first-order valence-corrected chi connectivity index (χ1v) is 6.22. The Morgan fingerprint density at radius 2 is 1.24 bits per heavy atom. The van der Waals surface area contributed by atoms with Crippen LogP contribution in [0.3, 0.4) is 0 Å². The quantitative estimate of drug-likeness (QED) is 0.336. The zero-order valence-electron chi connectivity index (χ0n) is 12.0. The van der Waals surface area contributed by atoms with Crippen molar-refractivity contribution in [3.05, 3.63) is 12.2 Å². The molecule has 0 rings (SSSR count). The number of rotatable bonds is 9. The topological polar surface area (TPSA) is 105 Å². The van der Waals surface area contributed by atoms with Crippen molar-refractivity contribution >= 4 is 23.9 Å². The van der Waals surface area contributed by atoms with E-state index in [1.54, 1.807) is 13.8 Å². The fourth-order valence-electron chi connectivity index (χ4n) is 1.07. The van der Waals surface area contributed by atoms with Crippen molar-refractivity contribution in [2.75, 3.05) is 26.4 Å². The van der Waals surface area contributed by atoms with Gasteiger partial charge in [0.25, 0.3) is 0 Å². The molecule has 21 heavy (non-hydrogen) atoms. The molecular weight excluding hydrogens is 284 g/mol. The second-order valence-electron chi connectivity index (χ2n) is 3.63. The molecule has 0 N–H and O–H groups in total. The molecule has 0 radical (unpaired) electrons. The van der Waals surface area contributed by atoms with Crippen LogP contribution >= 0.6 is 0 Å². The molecule has 0 unspecified atom stereocenters. The minimum atomic E-state index is -0.920. The lowest BCUT2D eigenvalue weighted by molar-refractivity contribution is -0.159. The summed E-state index contributed by atoms with van der Waals surface area (Å²) in [5.41, 5.74) is -0.201. The van der Waals surface area contributed by atoms with Gasteiger partial charge in [-0.3, -0.25) is 4.79 Å². The number of carbonyl (C=O) groups is 4. The molecule has 0 aromatic heterocycles. The normalized spacial score (nSPS) is 9.43. The fraction of sp³-hybridized carbons (Fsp3) is 0.538. The summed E-state index contributed by atoms with van der Waals surface area (Å²) < 4.78 is 18.2. The van der Waals surface area contributed by atoms with E-state index < -0.39 is 43.5 Å². The summed E-state index contributed by atoms with van der Waals surface area (Å²) in [6.07, 6.45) is -0.457. The first kappa shape index (κ1) is 18.6. The Morgan fingerprint density at radius 1 is 0.762 bits per heavy atom. The Bertz CT molecular complexity index is 412. The summed E-state index contributed by atoms with van der Waals surface area (Å²) in [6, 6.07) is 0. The van der Waals surface area contributed by atoms with Crippen molar-refractivity contribution in [1.29, 1.82) is 0 Å². The largest absolute Gasteiger partial charge is 0.463 e. The van der Waals surface area contributed by atoms with E-state index in [9.17, 15) is 19.2 Å². The van der Waals surface area contributed by atoms with Crippen LogP contribution in [0.1, 0.15) is 20.3 Å². The molecule has 0 aliphatic heterocycles. The predicted molar refractivity (Wildman–Crippen MR) is 68.9 cm³/mol. The molecule has 0 spiro atoms. The van der Waals surface area contributed by atoms with Crippen LogP contribution in [0.2, 0.25) is 0 Å². The van der Waals surface area contributed by atoms with Crippen molar-refractivity contribution in [3.63, 3.8) is 0 Å². The molecule has 0 aromatic carbocycles. The van der Waals surface area contributed by atoms with Gasteiger partial charge in [-0.15, -0.1) is 0 Å². The fourth-order valence-corrected chi connectivity index (χ4v) is 1.07. The van der Waals surface area contributed by atoms with E-state index in [1.807, 2.05) is 0 Å². The molecule has 118 valence electrons. The first-order valence-electron chi connectivity index (χ1n) is 6.22. The molecule has 0 saturated carbocycles. The lowest BCUT2D eigenvalue weighted by atomic mass is 10.2. The Morgan fingerprint density at radius 3 is 1.71 bits per heavy atom. The molecule has 0 aliphatic carbocycles. The minimum Gasteiger partial charge on any atom is -0.463 e. The van der Waals surface area contributed by atoms with Gasteiger partial charge in [0.15, 0.2) is 13.2 Å². The van der Waals surface area contributed by atoms with Gasteiger partial charge in [0.05, 0.1) is 19.6 Å². The van der Waals surface area contributed by atoms with E-state index in [4.69, 9.17) is 0 Å². The molecule has 0 fully saturated rings. The van der Waals surface area contributed by atoms with Gasteiger partial charge in [-0.25, -0.2) is 14.4 Å². The highest BCUT2D eigenvalue weighted by Gasteiger charge is 2.17. The van der Waals surface area contributed by atoms with E-state index in [-0.39, 0.29) is 18.8 Å². The highest BCUT2D eigenvalue weighted by molar-refractivity contribution is 5.94. The summed E-state index contributed by atoms with van der Waals surface area (Å²) in [5.74, 6) is -3.15. The summed E-state index contributed by atoms with van der Waals surface area (Å²) in [4.78, 5) is 44.6. The average Bonchev–Trinajstić information content (AvgIpc) is 2.43. The van der Waals surface area contributed by atoms with Crippen LogP contribution in [0.5, 0.6) is 0 Å². The lowest BCUT2D eigenvalue weighted by Gasteiger charge is -2.07. The van der Waals surface area contributed by atoms with E-state index in [2.05, 4.69) is 25.5 Å². The summed E-state index contributed by atoms with van der Waals surface area (Å²) in [5, 5.41) is 0. The Balaban J connectivity index is 4.00. The molecule has 0 atom stereocenters. The maximum atomic E-state index is 11.4. The number of esters is 4. The molecule has 0 bridgehead atoms. The number of hydrogen-bond acceptors (Lipinski definition) is 8. The van der Waals surface area contributed by atoms with Crippen molar-refractivity contribution in [3.8, 4) is 0 Å². The number of ether oxygens (including phenoxy) is 4. The van der Waals surface area contributed by atoms with Gasteiger partial charge in [-0.05, 0) is 13.8 Å². The predicted octanol–water partition coefficient (Wildman–Crippen LogP) is 0.145. The SMILES string of the molecule is C=C(CC(=O)OCC(=O)OCC)C(=O)OCC(=O)OCC. The number of carbonyl (C=O) groups excluding carboxylic acids is 4. The Labute approximate surface area is 122 Å². The van der Waals surface area contributed by atoms with Crippen LogP contribution in [-0.4, -0.2) is 50.3 Å². The van der Waals surface area contributed by atoms with Crippen LogP contribution in [0, 0.1) is 0 Å². The molecule has 8 heteroatoms. The molecule has 0 saturated heterocycles. The van der Waals surface area contributed by atoms with Gasteiger partial charge in [-0.2, -0.15) is 0 Å². The third kappa shape index (κ3) is 9.20. The van der Waals surface area contributed by atoms with Gasteiger partial charge in [0.2, 0.25) is 0 Å². The molecule has 8 nitrogen and oxygen atoms in total. The van der Waals surface area contributed by atoms with Gasteiger partial charge < -0.3 is 18.9 Å². The first-order chi connectivity index (χ1) is 9.90. The van der Waals surface area contributed by atoms with E-state index in [0.717, 1.165) is 0 Å². The highest BCUT2D eigenvalue weighted by Crippen LogP contribution is 2.03. The maximum absolute atomic E-state index is 11.4. The molecule has 0 amide bonds. The van der Waals surface area contributed by atoms with Crippen LogP contribution < -0.4 is 0 Å². The third-order valence-corrected chi connectivity index (χ3v) is 1.93. The Kier molecular flexibility index (Phi) is 9.23. The monoisotopic (exact) mass is 302 g/mol. The van der Waals surface area contributed by atoms with Gasteiger partial charge in [0, 0.05) is 5.57 Å². The van der Waals surface area contributed by atoms with Crippen molar-refractivity contribution < 1.29 is 38.1 Å². The molecule has 0 aliphatic rings. The van der Waals surface area contributed by atoms with E-state index >= 15 is 0 Å². The highest BCUT2D eigenvalue weighted by atomic mass is 16.6. The van der Waals surface area contributed by atoms with Gasteiger partial charge >= 0.3 is 23.9 Å². The average molecular weight is 302 g/mol.